The molecule has 1 aliphatic rings. The van der Waals surface area contributed by atoms with Crippen LogP contribution in [0.3, 0.4) is 0 Å². The molecule has 0 radical (unpaired) electrons. The molecular weight excluding hydrogens is 271 g/mol. The number of anilines is 1. The van der Waals surface area contributed by atoms with Crippen LogP contribution >= 0.6 is 0 Å². The van der Waals surface area contributed by atoms with Gasteiger partial charge in [-0.05, 0) is 37.0 Å². The Labute approximate surface area is 121 Å². The molecule has 0 bridgehead atoms. The maximum Gasteiger partial charge on any atom is 0.220 e. The van der Waals surface area contributed by atoms with E-state index in [9.17, 15) is 9.60 Å². The van der Waals surface area contributed by atoms with Crippen LogP contribution in [0.2, 0.25) is 0 Å². The Morgan fingerprint density at radius 3 is 2.86 bits per heavy atom. The Balaban J connectivity index is 2.07. The molecule has 0 saturated carbocycles. The summed E-state index contributed by atoms with van der Waals surface area (Å²) in [5.74, 6) is -0.0737. The molecule has 5 nitrogen and oxygen atoms in total. The van der Waals surface area contributed by atoms with Gasteiger partial charge in [0.15, 0.2) is 0 Å². The summed E-state index contributed by atoms with van der Waals surface area (Å²) in [6, 6.07) is 6.45. The van der Waals surface area contributed by atoms with Gasteiger partial charge < -0.3 is 10.9 Å². The number of rotatable bonds is 1. The first kappa shape index (κ1) is 13.5. The van der Waals surface area contributed by atoms with Crippen molar-refractivity contribution < 1.29 is 9.60 Å². The summed E-state index contributed by atoms with van der Waals surface area (Å²) in [6.07, 6.45) is 1.13. The van der Waals surface area contributed by atoms with E-state index in [1.165, 1.54) is 12.1 Å². The molecule has 1 aromatic carbocycles. The van der Waals surface area contributed by atoms with Crippen LogP contribution in [0.4, 0.5) is 10.3 Å². The molecule has 0 fully saturated rings. The number of fused-ring (bicyclic) bond motifs is 1. The molecule has 0 spiro atoms. The zero-order valence-electron chi connectivity index (χ0n) is 11.5. The van der Waals surface area contributed by atoms with Gasteiger partial charge in [-0.15, -0.1) is 0 Å². The largest absolute Gasteiger partial charge is 0.411 e. The van der Waals surface area contributed by atoms with Gasteiger partial charge in [0.2, 0.25) is 5.95 Å². The van der Waals surface area contributed by atoms with E-state index in [-0.39, 0.29) is 17.7 Å². The Kier molecular flexibility index (Phi) is 3.29. The van der Waals surface area contributed by atoms with Crippen molar-refractivity contribution in [1.82, 2.24) is 9.97 Å². The van der Waals surface area contributed by atoms with E-state index in [4.69, 9.17) is 5.73 Å². The Bertz CT molecular complexity index is 730. The fraction of sp³-hybridized carbons (Fsp3) is 0.267. The highest BCUT2D eigenvalue weighted by Gasteiger charge is 2.29. The van der Waals surface area contributed by atoms with Gasteiger partial charge in [0.1, 0.15) is 5.82 Å². The number of hydrogen-bond acceptors (Lipinski definition) is 5. The smallest absolute Gasteiger partial charge is 0.220 e. The topological polar surface area (TPSA) is 84.4 Å². The standard InChI is InChI=1S/C15H15FN4O/c1-8-14-12(19-15(17)18-8)6-10(7-13(14)20-21)9-3-2-4-11(16)5-9/h2-5,10,21H,6-7H2,1H3,(H2,17,18,19)/b20-13+. The molecule has 0 saturated heterocycles. The lowest BCUT2D eigenvalue weighted by Crippen LogP contribution is -2.23. The van der Waals surface area contributed by atoms with E-state index in [2.05, 4.69) is 15.1 Å². The number of nitrogen functional groups attached to an aromatic ring is 1. The van der Waals surface area contributed by atoms with Gasteiger partial charge >= 0.3 is 0 Å². The fourth-order valence-corrected chi connectivity index (χ4v) is 2.91. The van der Waals surface area contributed by atoms with Gasteiger partial charge in [0, 0.05) is 12.0 Å². The van der Waals surface area contributed by atoms with Crippen LogP contribution in [-0.4, -0.2) is 20.9 Å². The lowest BCUT2D eigenvalue weighted by Gasteiger charge is -2.25. The molecule has 0 aliphatic heterocycles. The summed E-state index contributed by atoms with van der Waals surface area (Å²) in [7, 11) is 0. The van der Waals surface area contributed by atoms with Crippen LogP contribution < -0.4 is 5.73 Å². The molecular formula is C15H15FN4O. The number of hydrogen-bond donors (Lipinski definition) is 2. The highest BCUT2D eigenvalue weighted by Crippen LogP contribution is 2.33. The number of nitrogens with two attached hydrogens (primary N) is 1. The van der Waals surface area contributed by atoms with Gasteiger partial charge in [-0.2, -0.15) is 0 Å². The first-order valence-corrected chi connectivity index (χ1v) is 6.68. The zero-order chi connectivity index (χ0) is 15.0. The minimum absolute atomic E-state index is 0.00722. The lowest BCUT2D eigenvalue weighted by molar-refractivity contribution is 0.316. The van der Waals surface area contributed by atoms with Gasteiger partial charge in [0.05, 0.1) is 17.1 Å². The first-order valence-electron chi connectivity index (χ1n) is 6.68. The van der Waals surface area contributed by atoms with Crippen molar-refractivity contribution in [3.63, 3.8) is 0 Å². The Morgan fingerprint density at radius 2 is 2.14 bits per heavy atom. The van der Waals surface area contributed by atoms with Crippen molar-refractivity contribution in [1.29, 1.82) is 0 Å². The number of benzene rings is 1. The molecule has 1 aliphatic carbocycles. The van der Waals surface area contributed by atoms with Crippen LogP contribution in [-0.2, 0) is 6.42 Å². The lowest BCUT2D eigenvalue weighted by atomic mass is 9.81. The van der Waals surface area contributed by atoms with E-state index < -0.39 is 0 Å². The third-order valence-electron chi connectivity index (χ3n) is 3.79. The van der Waals surface area contributed by atoms with E-state index in [0.29, 0.717) is 24.2 Å². The quantitative estimate of drug-likeness (QED) is 0.623. The highest BCUT2D eigenvalue weighted by molar-refractivity contribution is 6.03. The maximum absolute atomic E-state index is 13.4. The number of aromatic nitrogens is 2. The molecule has 1 heterocycles. The van der Waals surface area contributed by atoms with Crippen LogP contribution in [0.5, 0.6) is 0 Å². The second-order valence-electron chi connectivity index (χ2n) is 5.20. The summed E-state index contributed by atoms with van der Waals surface area (Å²) < 4.78 is 13.4. The van der Waals surface area contributed by atoms with Crippen molar-refractivity contribution in [3.8, 4) is 0 Å². The Morgan fingerprint density at radius 1 is 1.33 bits per heavy atom. The van der Waals surface area contributed by atoms with Crippen molar-refractivity contribution in [2.45, 2.75) is 25.7 Å². The number of nitrogens with zero attached hydrogens (tertiary/aromatic N) is 3. The van der Waals surface area contributed by atoms with Crippen molar-refractivity contribution in [2.24, 2.45) is 5.16 Å². The summed E-state index contributed by atoms with van der Waals surface area (Å²) in [5.41, 5.74) is 9.26. The van der Waals surface area contributed by atoms with Gasteiger partial charge in [-0.1, -0.05) is 17.3 Å². The summed E-state index contributed by atoms with van der Waals surface area (Å²) in [5, 5.41) is 12.7. The second-order valence-corrected chi connectivity index (χ2v) is 5.20. The first-order chi connectivity index (χ1) is 10.1. The van der Waals surface area contributed by atoms with Crippen LogP contribution in [0.25, 0.3) is 0 Å². The normalized spacial score (nSPS) is 19.5. The van der Waals surface area contributed by atoms with Crippen molar-refractivity contribution in [3.05, 3.63) is 52.6 Å². The number of oxime groups is 1. The monoisotopic (exact) mass is 286 g/mol. The molecule has 3 rings (SSSR count). The summed E-state index contributed by atoms with van der Waals surface area (Å²) in [4.78, 5) is 8.36. The van der Waals surface area contributed by atoms with Gasteiger partial charge in [0.25, 0.3) is 0 Å². The third-order valence-corrected chi connectivity index (χ3v) is 3.79. The minimum atomic E-state index is -0.279. The summed E-state index contributed by atoms with van der Waals surface area (Å²) in [6.45, 7) is 1.81. The van der Waals surface area contributed by atoms with Crippen LogP contribution in [0.1, 0.15) is 34.9 Å². The van der Waals surface area contributed by atoms with Crippen LogP contribution in [0, 0.1) is 12.7 Å². The minimum Gasteiger partial charge on any atom is -0.411 e. The molecule has 2 aromatic rings. The van der Waals surface area contributed by atoms with Gasteiger partial charge in [-0.25, -0.2) is 14.4 Å². The molecule has 3 N–H and O–H groups in total. The Hall–Kier alpha value is -2.50. The molecule has 6 heteroatoms. The average molecular weight is 286 g/mol. The highest BCUT2D eigenvalue weighted by atomic mass is 19.1. The number of aryl methyl sites for hydroxylation is 1. The average Bonchev–Trinajstić information content (AvgIpc) is 2.45. The number of halogens is 1. The SMILES string of the molecule is Cc1nc(N)nc2c1/C(=N/O)CC(c1cccc(F)c1)C2. The predicted octanol–water partition coefficient (Wildman–Crippen LogP) is 2.41. The molecule has 108 valence electrons. The molecule has 21 heavy (non-hydrogen) atoms. The summed E-state index contributed by atoms with van der Waals surface area (Å²) >= 11 is 0. The second kappa shape index (κ2) is 5.12. The van der Waals surface area contributed by atoms with E-state index in [1.807, 2.05) is 13.0 Å². The van der Waals surface area contributed by atoms with E-state index in [1.54, 1.807) is 6.07 Å². The van der Waals surface area contributed by atoms with Crippen molar-refractivity contribution >= 4 is 11.7 Å². The van der Waals surface area contributed by atoms with E-state index >= 15 is 0 Å². The van der Waals surface area contributed by atoms with Crippen molar-refractivity contribution in [2.75, 3.05) is 5.73 Å². The molecule has 1 aromatic heterocycles. The van der Waals surface area contributed by atoms with Crippen LogP contribution in [0.15, 0.2) is 29.4 Å². The molecule has 1 unspecified atom stereocenters. The molecule has 1 atom stereocenters. The van der Waals surface area contributed by atoms with E-state index in [0.717, 1.165) is 16.8 Å². The maximum atomic E-state index is 13.4. The predicted molar refractivity (Wildman–Crippen MR) is 77.0 cm³/mol. The third kappa shape index (κ3) is 2.44. The van der Waals surface area contributed by atoms with Gasteiger partial charge in [-0.3, -0.25) is 0 Å². The molecule has 0 amide bonds. The zero-order valence-corrected chi connectivity index (χ0v) is 11.5. The fourth-order valence-electron chi connectivity index (χ4n) is 2.91.